The Kier molecular flexibility index (Phi) is 5.71. The molecule has 4 heteroatoms. The van der Waals surface area contributed by atoms with Gasteiger partial charge >= 0.3 is 0 Å². The molecular weight excluding hydrogens is 324 g/mol. The Bertz CT molecular complexity index is 786. The predicted octanol–water partition coefficient (Wildman–Crippen LogP) is 3.21. The highest BCUT2D eigenvalue weighted by Gasteiger charge is 2.18. The van der Waals surface area contributed by atoms with Gasteiger partial charge < -0.3 is 10.6 Å². The number of rotatable bonds is 6. The van der Waals surface area contributed by atoms with Crippen molar-refractivity contribution in [3.63, 3.8) is 0 Å². The second-order valence-electron chi connectivity index (χ2n) is 7.08. The van der Waals surface area contributed by atoms with Crippen molar-refractivity contribution < 1.29 is 9.59 Å². The summed E-state index contributed by atoms with van der Waals surface area (Å²) in [6, 6.07) is 15.9. The standard InChI is InChI=1S/C22H26N2O2/c1-15(17-7-4-3-5-8-17)16(2)24-21(25)14-23-22(26)20-12-11-18-9-6-10-19(18)13-20/h3-5,7-8,11-13,15-16H,6,9-10,14H2,1-2H3,(H,23,26)(H,24,25)/t15-,16-/m1/s1. The summed E-state index contributed by atoms with van der Waals surface area (Å²) in [5, 5.41) is 5.70. The van der Waals surface area contributed by atoms with E-state index >= 15 is 0 Å². The van der Waals surface area contributed by atoms with Crippen LogP contribution in [0.25, 0.3) is 0 Å². The number of carbonyl (C=O) groups excluding carboxylic acids is 2. The van der Waals surface area contributed by atoms with Crippen LogP contribution in [0.15, 0.2) is 48.5 Å². The minimum atomic E-state index is -0.196. The van der Waals surface area contributed by atoms with Gasteiger partial charge in [0.1, 0.15) is 0 Å². The zero-order valence-electron chi connectivity index (χ0n) is 15.4. The van der Waals surface area contributed by atoms with E-state index < -0.39 is 0 Å². The van der Waals surface area contributed by atoms with E-state index in [0.29, 0.717) is 5.56 Å². The Balaban J connectivity index is 1.50. The van der Waals surface area contributed by atoms with Gasteiger partial charge in [0.25, 0.3) is 5.91 Å². The van der Waals surface area contributed by atoms with Gasteiger partial charge in [-0.3, -0.25) is 9.59 Å². The SMILES string of the molecule is C[C@@H](NC(=O)CNC(=O)c1ccc2c(c1)CCC2)[C@@H](C)c1ccccc1. The van der Waals surface area contributed by atoms with Crippen LogP contribution >= 0.6 is 0 Å². The molecule has 1 aliphatic carbocycles. The van der Waals surface area contributed by atoms with Gasteiger partial charge in [-0.25, -0.2) is 0 Å². The van der Waals surface area contributed by atoms with Crippen molar-refractivity contribution in [2.24, 2.45) is 0 Å². The molecule has 2 amide bonds. The van der Waals surface area contributed by atoms with Crippen LogP contribution in [-0.2, 0) is 17.6 Å². The van der Waals surface area contributed by atoms with Crippen molar-refractivity contribution in [2.45, 2.75) is 45.1 Å². The van der Waals surface area contributed by atoms with Crippen molar-refractivity contribution in [3.8, 4) is 0 Å². The van der Waals surface area contributed by atoms with Crippen LogP contribution < -0.4 is 10.6 Å². The van der Waals surface area contributed by atoms with Crippen molar-refractivity contribution in [1.29, 1.82) is 0 Å². The van der Waals surface area contributed by atoms with Crippen LogP contribution in [0, 0.1) is 0 Å². The van der Waals surface area contributed by atoms with Gasteiger partial charge in [0, 0.05) is 17.5 Å². The second kappa shape index (κ2) is 8.17. The lowest BCUT2D eigenvalue weighted by Crippen LogP contribution is -2.42. The molecule has 1 aliphatic rings. The number of aryl methyl sites for hydroxylation is 2. The van der Waals surface area contributed by atoms with E-state index in [2.05, 4.69) is 29.7 Å². The van der Waals surface area contributed by atoms with Crippen LogP contribution in [0.4, 0.5) is 0 Å². The first-order valence-corrected chi connectivity index (χ1v) is 9.29. The molecule has 2 atom stereocenters. The average Bonchev–Trinajstić information content (AvgIpc) is 3.13. The third kappa shape index (κ3) is 4.31. The fourth-order valence-corrected chi connectivity index (χ4v) is 3.45. The third-order valence-corrected chi connectivity index (χ3v) is 5.23. The number of fused-ring (bicyclic) bond motifs is 1. The van der Waals surface area contributed by atoms with Gasteiger partial charge in [-0.2, -0.15) is 0 Å². The lowest BCUT2D eigenvalue weighted by atomic mass is 9.94. The molecule has 0 heterocycles. The highest BCUT2D eigenvalue weighted by Crippen LogP contribution is 2.22. The molecule has 4 nitrogen and oxygen atoms in total. The summed E-state index contributed by atoms with van der Waals surface area (Å²) in [6.07, 6.45) is 3.28. The maximum absolute atomic E-state index is 12.3. The van der Waals surface area contributed by atoms with E-state index in [-0.39, 0.29) is 30.3 Å². The van der Waals surface area contributed by atoms with Gasteiger partial charge in [0.2, 0.25) is 5.91 Å². The first-order chi connectivity index (χ1) is 12.5. The second-order valence-corrected chi connectivity index (χ2v) is 7.08. The van der Waals surface area contributed by atoms with Gasteiger partial charge in [-0.15, -0.1) is 0 Å². The molecular formula is C22H26N2O2. The minimum absolute atomic E-state index is 0.0121. The Morgan fingerprint density at radius 1 is 1.00 bits per heavy atom. The van der Waals surface area contributed by atoms with E-state index in [4.69, 9.17) is 0 Å². The third-order valence-electron chi connectivity index (χ3n) is 5.23. The van der Waals surface area contributed by atoms with Crippen LogP contribution in [0.1, 0.15) is 53.2 Å². The van der Waals surface area contributed by atoms with Crippen molar-refractivity contribution in [1.82, 2.24) is 10.6 Å². The summed E-state index contributed by atoms with van der Waals surface area (Å²) in [5.74, 6) is -0.166. The topological polar surface area (TPSA) is 58.2 Å². The molecule has 0 saturated carbocycles. The van der Waals surface area contributed by atoms with Gasteiger partial charge in [-0.1, -0.05) is 43.3 Å². The van der Waals surface area contributed by atoms with E-state index in [9.17, 15) is 9.59 Å². The van der Waals surface area contributed by atoms with Crippen LogP contribution in [0.3, 0.4) is 0 Å². The van der Waals surface area contributed by atoms with Crippen LogP contribution in [0.5, 0.6) is 0 Å². The van der Waals surface area contributed by atoms with E-state index in [1.54, 1.807) is 0 Å². The number of benzene rings is 2. The predicted molar refractivity (Wildman–Crippen MR) is 103 cm³/mol. The number of amides is 2. The van der Waals surface area contributed by atoms with Crippen LogP contribution in [0.2, 0.25) is 0 Å². The van der Waals surface area contributed by atoms with Gasteiger partial charge in [0.05, 0.1) is 6.54 Å². The molecule has 0 unspecified atom stereocenters. The number of nitrogens with one attached hydrogen (secondary N) is 2. The van der Waals surface area contributed by atoms with E-state index in [1.165, 1.54) is 16.7 Å². The molecule has 2 aromatic carbocycles. The Morgan fingerprint density at radius 3 is 2.50 bits per heavy atom. The summed E-state index contributed by atoms with van der Waals surface area (Å²) in [4.78, 5) is 24.5. The molecule has 0 bridgehead atoms. The maximum Gasteiger partial charge on any atom is 0.251 e. The van der Waals surface area contributed by atoms with Gasteiger partial charge in [-0.05, 0) is 55.0 Å². The Hall–Kier alpha value is -2.62. The van der Waals surface area contributed by atoms with Crippen molar-refractivity contribution >= 4 is 11.8 Å². The summed E-state index contributed by atoms with van der Waals surface area (Å²) >= 11 is 0. The smallest absolute Gasteiger partial charge is 0.251 e. The fourth-order valence-electron chi connectivity index (χ4n) is 3.45. The molecule has 0 fully saturated rings. The quantitative estimate of drug-likeness (QED) is 0.840. The Morgan fingerprint density at radius 2 is 1.73 bits per heavy atom. The van der Waals surface area contributed by atoms with Crippen molar-refractivity contribution in [2.75, 3.05) is 6.54 Å². The molecule has 0 aliphatic heterocycles. The summed E-state index contributed by atoms with van der Waals surface area (Å²) in [7, 11) is 0. The monoisotopic (exact) mass is 350 g/mol. The molecule has 3 rings (SSSR count). The van der Waals surface area contributed by atoms with Crippen LogP contribution in [-0.4, -0.2) is 24.4 Å². The minimum Gasteiger partial charge on any atom is -0.352 e. The summed E-state index contributed by atoms with van der Waals surface area (Å²) in [5.41, 5.74) is 4.40. The largest absolute Gasteiger partial charge is 0.352 e. The zero-order chi connectivity index (χ0) is 18.5. The van der Waals surface area contributed by atoms with E-state index in [0.717, 1.165) is 19.3 Å². The molecule has 0 aromatic heterocycles. The Labute approximate surface area is 155 Å². The highest BCUT2D eigenvalue weighted by molar-refractivity contribution is 5.96. The summed E-state index contributed by atoms with van der Waals surface area (Å²) < 4.78 is 0. The first-order valence-electron chi connectivity index (χ1n) is 9.29. The number of hydrogen-bond donors (Lipinski definition) is 2. The average molecular weight is 350 g/mol. The van der Waals surface area contributed by atoms with Gasteiger partial charge in [0.15, 0.2) is 0 Å². The fraction of sp³-hybridized carbons (Fsp3) is 0.364. The molecule has 0 radical (unpaired) electrons. The lowest BCUT2D eigenvalue weighted by molar-refractivity contribution is -0.120. The maximum atomic E-state index is 12.3. The van der Waals surface area contributed by atoms with Crippen molar-refractivity contribution in [3.05, 3.63) is 70.8 Å². The highest BCUT2D eigenvalue weighted by atomic mass is 16.2. The molecule has 2 N–H and O–H groups in total. The zero-order valence-corrected chi connectivity index (χ0v) is 15.4. The first kappa shape index (κ1) is 18.2. The normalized spacial score (nSPS) is 15.0. The van der Waals surface area contributed by atoms with E-state index in [1.807, 2.05) is 43.3 Å². The lowest BCUT2D eigenvalue weighted by Gasteiger charge is -2.22. The molecule has 0 saturated heterocycles. The molecule has 26 heavy (non-hydrogen) atoms. The number of carbonyl (C=O) groups is 2. The summed E-state index contributed by atoms with van der Waals surface area (Å²) in [6.45, 7) is 4.06. The number of hydrogen-bond acceptors (Lipinski definition) is 2. The molecule has 2 aromatic rings. The molecule has 0 spiro atoms. The molecule has 136 valence electrons.